The average Bonchev–Trinajstić information content (AvgIpc) is 2.67. The standard InChI is InChI=1S/C20H23N3O2/c21-18-11-5-4-10-17(18)20(25)23-12-6-7-15(14-23)13-22-19(24)16-8-2-1-3-9-16/h1-5,8-11,15H,6-7,12-14,21H2,(H,22,24). The van der Waals surface area contributed by atoms with Gasteiger partial charge >= 0.3 is 0 Å². The number of benzene rings is 2. The van der Waals surface area contributed by atoms with Crippen molar-refractivity contribution in [3.63, 3.8) is 0 Å². The molecule has 3 rings (SSSR count). The first kappa shape index (κ1) is 17.0. The fraction of sp³-hybridized carbons (Fsp3) is 0.300. The molecule has 0 aromatic heterocycles. The van der Waals surface area contributed by atoms with Crippen LogP contribution < -0.4 is 11.1 Å². The second kappa shape index (κ2) is 7.83. The molecule has 0 saturated carbocycles. The second-order valence-corrected chi connectivity index (χ2v) is 6.42. The predicted molar refractivity (Wildman–Crippen MR) is 98.3 cm³/mol. The molecule has 1 fully saturated rings. The Morgan fingerprint density at radius 2 is 1.80 bits per heavy atom. The SMILES string of the molecule is Nc1ccccc1C(=O)N1CCCC(CNC(=O)c2ccccc2)C1. The molecule has 0 bridgehead atoms. The van der Waals surface area contributed by atoms with Gasteiger partial charge < -0.3 is 16.0 Å². The van der Waals surface area contributed by atoms with E-state index in [9.17, 15) is 9.59 Å². The maximum atomic E-state index is 12.7. The lowest BCUT2D eigenvalue weighted by Gasteiger charge is -2.33. The molecule has 2 aromatic rings. The molecular formula is C20H23N3O2. The molecule has 130 valence electrons. The lowest BCUT2D eigenvalue weighted by Crippen LogP contribution is -2.43. The topological polar surface area (TPSA) is 75.4 Å². The fourth-order valence-corrected chi connectivity index (χ4v) is 3.21. The number of nitrogens with one attached hydrogen (secondary N) is 1. The Balaban J connectivity index is 1.57. The van der Waals surface area contributed by atoms with Gasteiger partial charge in [-0.15, -0.1) is 0 Å². The van der Waals surface area contributed by atoms with Gasteiger partial charge in [0.25, 0.3) is 11.8 Å². The van der Waals surface area contributed by atoms with Crippen molar-refractivity contribution in [3.8, 4) is 0 Å². The maximum absolute atomic E-state index is 12.7. The molecule has 0 radical (unpaired) electrons. The fourth-order valence-electron chi connectivity index (χ4n) is 3.21. The first-order valence-electron chi connectivity index (χ1n) is 8.62. The summed E-state index contributed by atoms with van der Waals surface area (Å²) >= 11 is 0. The molecule has 0 spiro atoms. The van der Waals surface area contributed by atoms with Crippen molar-refractivity contribution in [2.75, 3.05) is 25.4 Å². The van der Waals surface area contributed by atoms with Crippen molar-refractivity contribution < 1.29 is 9.59 Å². The molecule has 2 aromatic carbocycles. The lowest BCUT2D eigenvalue weighted by molar-refractivity contribution is 0.0672. The molecule has 2 amide bonds. The highest BCUT2D eigenvalue weighted by Crippen LogP contribution is 2.20. The van der Waals surface area contributed by atoms with Crippen LogP contribution in [-0.2, 0) is 0 Å². The van der Waals surface area contributed by atoms with Gasteiger partial charge in [-0.2, -0.15) is 0 Å². The number of hydrogen-bond donors (Lipinski definition) is 2. The second-order valence-electron chi connectivity index (χ2n) is 6.42. The van der Waals surface area contributed by atoms with Crippen LogP contribution in [0.5, 0.6) is 0 Å². The highest BCUT2D eigenvalue weighted by Gasteiger charge is 2.25. The van der Waals surface area contributed by atoms with Crippen LogP contribution in [-0.4, -0.2) is 36.3 Å². The van der Waals surface area contributed by atoms with E-state index in [2.05, 4.69) is 5.32 Å². The highest BCUT2D eigenvalue weighted by molar-refractivity contribution is 5.99. The third kappa shape index (κ3) is 4.18. The zero-order valence-corrected chi connectivity index (χ0v) is 14.2. The third-order valence-corrected chi connectivity index (χ3v) is 4.58. The Morgan fingerprint density at radius 3 is 2.56 bits per heavy atom. The molecule has 1 heterocycles. The monoisotopic (exact) mass is 337 g/mol. The molecule has 0 aliphatic carbocycles. The van der Waals surface area contributed by atoms with Crippen molar-refractivity contribution in [2.45, 2.75) is 12.8 Å². The quantitative estimate of drug-likeness (QED) is 0.842. The average molecular weight is 337 g/mol. The van der Waals surface area contributed by atoms with E-state index in [0.29, 0.717) is 29.9 Å². The Kier molecular flexibility index (Phi) is 5.33. The van der Waals surface area contributed by atoms with Crippen molar-refractivity contribution in [1.82, 2.24) is 10.2 Å². The normalized spacial score (nSPS) is 17.1. The number of likely N-dealkylation sites (tertiary alicyclic amines) is 1. The van der Waals surface area contributed by atoms with Gasteiger partial charge in [-0.05, 0) is 43.0 Å². The van der Waals surface area contributed by atoms with Gasteiger partial charge in [-0.1, -0.05) is 30.3 Å². The summed E-state index contributed by atoms with van der Waals surface area (Å²) in [5, 5.41) is 2.98. The van der Waals surface area contributed by atoms with Gasteiger partial charge in [-0.3, -0.25) is 9.59 Å². The Labute approximate surface area is 147 Å². The van der Waals surface area contributed by atoms with E-state index in [1.54, 1.807) is 24.3 Å². The molecular weight excluding hydrogens is 314 g/mol. The van der Waals surface area contributed by atoms with Crippen LogP contribution in [0, 0.1) is 5.92 Å². The number of rotatable bonds is 4. The van der Waals surface area contributed by atoms with Crippen molar-refractivity contribution in [1.29, 1.82) is 0 Å². The van der Waals surface area contributed by atoms with E-state index in [4.69, 9.17) is 5.73 Å². The van der Waals surface area contributed by atoms with Crippen molar-refractivity contribution in [2.24, 2.45) is 5.92 Å². The molecule has 1 unspecified atom stereocenters. The smallest absolute Gasteiger partial charge is 0.255 e. The Bertz CT molecular complexity index is 746. The summed E-state index contributed by atoms with van der Waals surface area (Å²) in [6, 6.07) is 16.3. The zero-order valence-electron chi connectivity index (χ0n) is 14.2. The van der Waals surface area contributed by atoms with E-state index in [1.807, 2.05) is 35.2 Å². The van der Waals surface area contributed by atoms with E-state index in [-0.39, 0.29) is 17.7 Å². The summed E-state index contributed by atoms with van der Waals surface area (Å²) in [7, 11) is 0. The minimum absolute atomic E-state index is 0.0304. The van der Waals surface area contributed by atoms with E-state index in [0.717, 1.165) is 19.4 Å². The molecule has 1 atom stereocenters. The number of anilines is 1. The van der Waals surface area contributed by atoms with Crippen LogP contribution in [0.2, 0.25) is 0 Å². The summed E-state index contributed by atoms with van der Waals surface area (Å²) in [4.78, 5) is 26.7. The molecule has 1 saturated heterocycles. The molecule has 5 heteroatoms. The van der Waals surface area contributed by atoms with Gasteiger partial charge in [0.15, 0.2) is 0 Å². The van der Waals surface area contributed by atoms with E-state index < -0.39 is 0 Å². The van der Waals surface area contributed by atoms with Crippen LogP contribution in [0.3, 0.4) is 0 Å². The lowest BCUT2D eigenvalue weighted by atomic mass is 9.97. The van der Waals surface area contributed by atoms with Crippen molar-refractivity contribution in [3.05, 3.63) is 65.7 Å². The molecule has 3 N–H and O–H groups in total. The number of amides is 2. The largest absolute Gasteiger partial charge is 0.398 e. The number of nitrogen functional groups attached to an aromatic ring is 1. The molecule has 5 nitrogen and oxygen atoms in total. The van der Waals surface area contributed by atoms with E-state index >= 15 is 0 Å². The maximum Gasteiger partial charge on any atom is 0.255 e. The molecule has 25 heavy (non-hydrogen) atoms. The number of nitrogens with zero attached hydrogens (tertiary/aromatic N) is 1. The van der Waals surface area contributed by atoms with Crippen LogP contribution in [0.4, 0.5) is 5.69 Å². The Hall–Kier alpha value is -2.82. The number of carbonyl (C=O) groups is 2. The number of para-hydroxylation sites is 1. The van der Waals surface area contributed by atoms with E-state index in [1.165, 1.54) is 0 Å². The summed E-state index contributed by atoms with van der Waals surface area (Å²) in [6.45, 7) is 1.94. The van der Waals surface area contributed by atoms with Gasteiger partial charge in [0, 0.05) is 30.9 Å². The molecule has 1 aliphatic rings. The van der Waals surface area contributed by atoms with Gasteiger partial charge in [0.05, 0.1) is 5.56 Å². The summed E-state index contributed by atoms with van der Waals surface area (Å²) in [5.74, 6) is 0.156. The number of hydrogen-bond acceptors (Lipinski definition) is 3. The van der Waals surface area contributed by atoms with Gasteiger partial charge in [-0.25, -0.2) is 0 Å². The van der Waals surface area contributed by atoms with Crippen LogP contribution in [0.25, 0.3) is 0 Å². The minimum atomic E-state index is -0.0728. The number of carbonyl (C=O) groups excluding carboxylic acids is 2. The summed E-state index contributed by atoms with van der Waals surface area (Å²) in [5.41, 5.74) is 7.64. The summed E-state index contributed by atoms with van der Waals surface area (Å²) in [6.07, 6.45) is 1.94. The number of piperidine rings is 1. The minimum Gasteiger partial charge on any atom is -0.398 e. The predicted octanol–water partition coefficient (Wildman–Crippen LogP) is 2.55. The van der Waals surface area contributed by atoms with Crippen LogP contribution in [0.1, 0.15) is 33.6 Å². The van der Waals surface area contributed by atoms with Gasteiger partial charge in [0.2, 0.25) is 0 Å². The Morgan fingerprint density at radius 1 is 1.08 bits per heavy atom. The first-order valence-corrected chi connectivity index (χ1v) is 8.62. The first-order chi connectivity index (χ1) is 12.1. The third-order valence-electron chi connectivity index (χ3n) is 4.58. The van der Waals surface area contributed by atoms with Crippen LogP contribution >= 0.6 is 0 Å². The van der Waals surface area contributed by atoms with Crippen molar-refractivity contribution >= 4 is 17.5 Å². The number of nitrogens with two attached hydrogens (primary N) is 1. The molecule has 1 aliphatic heterocycles. The van der Waals surface area contributed by atoms with Gasteiger partial charge in [0.1, 0.15) is 0 Å². The van der Waals surface area contributed by atoms with Crippen LogP contribution in [0.15, 0.2) is 54.6 Å². The highest BCUT2D eigenvalue weighted by atomic mass is 16.2. The zero-order chi connectivity index (χ0) is 17.6. The summed E-state index contributed by atoms with van der Waals surface area (Å²) < 4.78 is 0.